The Balaban J connectivity index is 0.000000381. The van der Waals surface area contributed by atoms with Crippen molar-refractivity contribution in [3.63, 3.8) is 0 Å². The van der Waals surface area contributed by atoms with E-state index in [9.17, 15) is 22.8 Å². The predicted octanol–water partition coefficient (Wildman–Crippen LogP) is 3.35. The molecule has 2 N–H and O–H groups in total. The minimum Gasteiger partial charge on any atom is -0.468 e. The molecule has 0 saturated carbocycles. The second-order valence-electron chi connectivity index (χ2n) is 7.54. The molecule has 2 saturated heterocycles. The number of alkyl halides is 3. The van der Waals surface area contributed by atoms with Crippen LogP contribution in [0.3, 0.4) is 0 Å². The molecule has 1 amide bonds. The molecule has 2 aliphatic heterocycles. The normalized spacial score (nSPS) is 16.7. The van der Waals surface area contributed by atoms with Gasteiger partial charge in [-0.3, -0.25) is 9.59 Å². The van der Waals surface area contributed by atoms with Crippen LogP contribution in [-0.2, 0) is 20.5 Å². The van der Waals surface area contributed by atoms with Gasteiger partial charge in [-0.25, -0.2) is 0 Å². The Morgan fingerprint density at radius 3 is 2.22 bits per heavy atom. The molecule has 182 valence electrons. The zero-order valence-electron chi connectivity index (χ0n) is 19.1. The van der Waals surface area contributed by atoms with Crippen molar-refractivity contribution < 1.29 is 27.5 Å². The molecule has 0 radical (unpaired) electrons. The van der Waals surface area contributed by atoms with E-state index in [-0.39, 0.29) is 6.04 Å². The number of hydrogen-bond acceptors (Lipinski definition) is 6. The molecule has 7 nitrogen and oxygen atoms in total. The number of rotatable bonds is 6. The van der Waals surface area contributed by atoms with Crippen LogP contribution in [0.4, 0.5) is 24.5 Å². The minimum atomic E-state index is -4.40. The van der Waals surface area contributed by atoms with Gasteiger partial charge in [-0.15, -0.1) is 0 Å². The number of piperidine rings is 1. The van der Waals surface area contributed by atoms with Gasteiger partial charge in [0.2, 0.25) is 6.41 Å². The average Bonchev–Trinajstić information content (AvgIpc) is 3.27. The van der Waals surface area contributed by atoms with E-state index in [2.05, 4.69) is 27.3 Å². The standard InChI is InChI=1S/C14H18F3N3O.C5H11N.C3H6O2/c1-18-12-8-10(14(15,16)17)2-3-13(12)20(9-21)11-4-6-19-7-5-11;1-6-4-2-3-5-6;1-2-5-3-4/h2-3,8-9,11,18-19H,4-7H2,1H3;2-5H2,1H3;3H,2H2,1H3. The monoisotopic (exact) mass is 460 g/mol. The number of nitrogens with zero attached hydrogens (tertiary/aromatic N) is 2. The molecule has 2 heterocycles. The van der Waals surface area contributed by atoms with Crippen molar-refractivity contribution >= 4 is 24.3 Å². The summed E-state index contributed by atoms with van der Waals surface area (Å²) in [6, 6.07) is 3.40. The highest BCUT2D eigenvalue weighted by molar-refractivity contribution is 5.84. The van der Waals surface area contributed by atoms with Crippen molar-refractivity contribution in [2.45, 2.75) is 44.8 Å². The fraction of sp³-hybridized carbons (Fsp3) is 0.636. The third-order valence-corrected chi connectivity index (χ3v) is 5.25. The molecule has 3 rings (SSSR count). The van der Waals surface area contributed by atoms with Crippen LogP contribution in [0.2, 0.25) is 0 Å². The number of anilines is 2. The lowest BCUT2D eigenvalue weighted by molar-refractivity contribution is -0.137. The van der Waals surface area contributed by atoms with E-state index in [0.29, 0.717) is 30.9 Å². The van der Waals surface area contributed by atoms with Gasteiger partial charge in [0.1, 0.15) is 0 Å². The summed E-state index contributed by atoms with van der Waals surface area (Å²) in [5.41, 5.74) is 0.0506. The number of carbonyl (C=O) groups excluding carboxylic acids is 2. The lowest BCUT2D eigenvalue weighted by Crippen LogP contribution is -2.42. The summed E-state index contributed by atoms with van der Waals surface area (Å²) in [7, 11) is 3.72. The molecule has 0 bridgehead atoms. The summed E-state index contributed by atoms with van der Waals surface area (Å²) < 4.78 is 42.4. The molecule has 1 aromatic carbocycles. The summed E-state index contributed by atoms with van der Waals surface area (Å²) >= 11 is 0. The van der Waals surface area contributed by atoms with Gasteiger partial charge in [-0.1, -0.05) is 0 Å². The predicted molar refractivity (Wildman–Crippen MR) is 120 cm³/mol. The Hall–Kier alpha value is -2.33. The number of amides is 1. The molecule has 0 spiro atoms. The van der Waals surface area contributed by atoms with Crippen molar-refractivity contribution in [1.82, 2.24) is 10.2 Å². The second-order valence-corrected chi connectivity index (χ2v) is 7.54. The zero-order valence-corrected chi connectivity index (χ0v) is 19.1. The third kappa shape index (κ3) is 9.44. The highest BCUT2D eigenvalue weighted by Crippen LogP contribution is 2.36. The van der Waals surface area contributed by atoms with Gasteiger partial charge in [0, 0.05) is 13.1 Å². The van der Waals surface area contributed by atoms with E-state index in [1.165, 1.54) is 36.9 Å². The largest absolute Gasteiger partial charge is 0.468 e. The van der Waals surface area contributed by atoms with Gasteiger partial charge in [0.15, 0.2) is 0 Å². The number of carbonyl (C=O) groups is 2. The van der Waals surface area contributed by atoms with Crippen molar-refractivity contribution in [3.05, 3.63) is 23.8 Å². The number of halogens is 3. The summed E-state index contributed by atoms with van der Waals surface area (Å²) in [6.45, 7) is 6.90. The number of likely N-dealkylation sites (tertiary alicyclic amines) is 1. The third-order valence-electron chi connectivity index (χ3n) is 5.25. The van der Waals surface area contributed by atoms with Crippen LogP contribution >= 0.6 is 0 Å². The van der Waals surface area contributed by atoms with Crippen LogP contribution in [-0.4, -0.2) is 70.7 Å². The Morgan fingerprint density at radius 2 is 1.84 bits per heavy atom. The first-order valence-corrected chi connectivity index (χ1v) is 10.9. The molecular weight excluding hydrogens is 425 g/mol. The Kier molecular flexibility index (Phi) is 12.7. The van der Waals surface area contributed by atoms with E-state index >= 15 is 0 Å². The first-order valence-electron chi connectivity index (χ1n) is 10.9. The molecule has 1 aromatic rings. The lowest BCUT2D eigenvalue weighted by Gasteiger charge is -2.33. The first-order chi connectivity index (χ1) is 15.3. The zero-order chi connectivity index (χ0) is 24.0. The quantitative estimate of drug-likeness (QED) is 0.635. The Morgan fingerprint density at radius 1 is 1.22 bits per heavy atom. The summed E-state index contributed by atoms with van der Waals surface area (Å²) in [4.78, 5) is 24.5. The highest BCUT2D eigenvalue weighted by atomic mass is 19.4. The molecule has 0 atom stereocenters. The summed E-state index contributed by atoms with van der Waals surface area (Å²) in [5.74, 6) is 0. The molecule has 2 aliphatic rings. The maximum Gasteiger partial charge on any atom is 0.416 e. The molecule has 0 unspecified atom stereocenters. The van der Waals surface area contributed by atoms with Crippen molar-refractivity contribution in [1.29, 1.82) is 0 Å². The van der Waals surface area contributed by atoms with Crippen molar-refractivity contribution in [2.24, 2.45) is 0 Å². The smallest absolute Gasteiger partial charge is 0.416 e. The van der Waals surface area contributed by atoms with E-state index < -0.39 is 11.7 Å². The van der Waals surface area contributed by atoms with E-state index in [1.807, 2.05) is 0 Å². The summed E-state index contributed by atoms with van der Waals surface area (Å²) in [5, 5.41) is 5.94. The van der Waals surface area contributed by atoms with Crippen molar-refractivity contribution in [2.75, 3.05) is 57.1 Å². The van der Waals surface area contributed by atoms with Crippen LogP contribution < -0.4 is 15.5 Å². The van der Waals surface area contributed by atoms with Gasteiger partial charge in [0.05, 0.1) is 23.5 Å². The van der Waals surface area contributed by atoms with Gasteiger partial charge < -0.3 is 25.2 Å². The van der Waals surface area contributed by atoms with Crippen LogP contribution in [0.25, 0.3) is 0 Å². The molecule has 0 aliphatic carbocycles. The SMILES string of the molecule is CCOC=O.CN1CCCC1.CNc1cc(C(F)(F)F)ccc1N(C=O)C1CCNCC1. The number of benzene rings is 1. The second kappa shape index (κ2) is 14.7. The summed E-state index contributed by atoms with van der Waals surface area (Å²) in [6.07, 6.45) is 0.684. The minimum absolute atomic E-state index is 0.00702. The lowest BCUT2D eigenvalue weighted by atomic mass is 10.0. The number of nitrogens with one attached hydrogen (secondary N) is 2. The van der Waals surface area contributed by atoms with Crippen molar-refractivity contribution in [3.8, 4) is 0 Å². The van der Waals surface area contributed by atoms with Gasteiger partial charge in [-0.05, 0) is 84.0 Å². The van der Waals surface area contributed by atoms with Crippen LogP contribution in [0.1, 0.15) is 38.2 Å². The van der Waals surface area contributed by atoms with Crippen LogP contribution in [0, 0.1) is 0 Å². The van der Waals surface area contributed by atoms with Crippen LogP contribution in [0.5, 0.6) is 0 Å². The molecule has 10 heteroatoms. The average molecular weight is 461 g/mol. The fourth-order valence-electron chi connectivity index (χ4n) is 3.51. The first kappa shape index (κ1) is 27.7. The maximum absolute atomic E-state index is 12.8. The molecular formula is C22H35F3N4O3. The fourth-order valence-corrected chi connectivity index (χ4v) is 3.51. The maximum atomic E-state index is 12.8. The highest BCUT2D eigenvalue weighted by Gasteiger charge is 2.32. The number of hydrogen-bond donors (Lipinski definition) is 2. The van der Waals surface area contributed by atoms with E-state index in [1.54, 1.807) is 14.0 Å². The van der Waals surface area contributed by atoms with Gasteiger partial charge in [0.25, 0.3) is 6.47 Å². The molecule has 0 aromatic heterocycles. The Bertz CT molecular complexity index is 677. The molecule has 32 heavy (non-hydrogen) atoms. The molecule has 2 fully saturated rings. The van der Waals surface area contributed by atoms with E-state index in [0.717, 1.165) is 38.1 Å². The number of ether oxygens (including phenoxy) is 1. The van der Waals surface area contributed by atoms with Gasteiger partial charge >= 0.3 is 6.18 Å². The Labute approximate surface area is 188 Å². The van der Waals surface area contributed by atoms with Gasteiger partial charge in [-0.2, -0.15) is 13.2 Å². The van der Waals surface area contributed by atoms with E-state index in [4.69, 9.17) is 0 Å². The topological polar surface area (TPSA) is 73.9 Å². The van der Waals surface area contributed by atoms with Crippen LogP contribution in [0.15, 0.2) is 18.2 Å².